The standard InChI is InChI=1S/C29H27NO5/c1-33-22-13-17-27(34-2)21(18-22)12-15-26-24(29(31)32)14-16-25(30-26)23-10-6-7-11-28(23)35-19-20-8-4-3-5-9-20/h3-11,13-14,16-18H,12,15,19H2,1-2H3,(H,31,32). The Hall–Kier alpha value is -4.32. The number of ether oxygens (including phenoxy) is 3. The van der Waals surface area contributed by atoms with E-state index in [1.165, 1.54) is 0 Å². The molecule has 0 aliphatic rings. The third-order valence-corrected chi connectivity index (χ3v) is 5.72. The van der Waals surface area contributed by atoms with Crippen LogP contribution in [0, 0.1) is 0 Å². The molecule has 6 nitrogen and oxygen atoms in total. The molecule has 3 aromatic carbocycles. The van der Waals surface area contributed by atoms with E-state index in [0.29, 0.717) is 42.3 Å². The Balaban J connectivity index is 1.63. The summed E-state index contributed by atoms with van der Waals surface area (Å²) in [6.45, 7) is 0.424. The van der Waals surface area contributed by atoms with Crippen molar-refractivity contribution in [2.75, 3.05) is 14.2 Å². The molecule has 0 atom stereocenters. The molecule has 0 radical (unpaired) electrons. The van der Waals surface area contributed by atoms with Gasteiger partial charge in [0.05, 0.1) is 31.2 Å². The van der Waals surface area contributed by atoms with Crippen molar-refractivity contribution in [2.24, 2.45) is 0 Å². The summed E-state index contributed by atoms with van der Waals surface area (Å²) in [6, 6.07) is 26.5. The fraction of sp³-hybridized carbons (Fsp3) is 0.172. The Bertz CT molecular complexity index is 1300. The van der Waals surface area contributed by atoms with Crippen molar-refractivity contribution in [2.45, 2.75) is 19.4 Å². The molecule has 0 unspecified atom stereocenters. The number of aryl methyl sites for hydroxylation is 2. The molecule has 0 saturated carbocycles. The van der Waals surface area contributed by atoms with Crippen molar-refractivity contribution >= 4 is 5.97 Å². The second kappa shape index (κ2) is 11.2. The Kier molecular flexibility index (Phi) is 7.63. The van der Waals surface area contributed by atoms with Crippen molar-refractivity contribution in [3.63, 3.8) is 0 Å². The second-order valence-corrected chi connectivity index (χ2v) is 7.94. The topological polar surface area (TPSA) is 77.9 Å². The Morgan fingerprint density at radius 2 is 1.60 bits per heavy atom. The number of aromatic nitrogens is 1. The zero-order valence-corrected chi connectivity index (χ0v) is 19.7. The highest BCUT2D eigenvalue weighted by Crippen LogP contribution is 2.31. The van der Waals surface area contributed by atoms with Crippen LogP contribution in [-0.2, 0) is 19.4 Å². The molecule has 4 rings (SSSR count). The van der Waals surface area contributed by atoms with Crippen molar-refractivity contribution in [3.8, 4) is 28.5 Å². The van der Waals surface area contributed by atoms with Crippen molar-refractivity contribution in [1.82, 2.24) is 4.98 Å². The number of methoxy groups -OCH3 is 2. The number of carbonyl (C=O) groups is 1. The normalized spacial score (nSPS) is 10.6. The number of nitrogens with zero attached hydrogens (tertiary/aromatic N) is 1. The molecule has 0 amide bonds. The minimum atomic E-state index is -1.01. The van der Waals surface area contributed by atoms with Gasteiger partial charge in [0.1, 0.15) is 23.9 Å². The van der Waals surface area contributed by atoms with Crippen molar-refractivity contribution in [1.29, 1.82) is 0 Å². The monoisotopic (exact) mass is 469 g/mol. The lowest BCUT2D eigenvalue weighted by Crippen LogP contribution is -2.08. The molecular formula is C29H27NO5. The molecule has 6 heteroatoms. The summed E-state index contributed by atoms with van der Waals surface area (Å²) in [7, 11) is 3.22. The van der Waals surface area contributed by atoms with Gasteiger partial charge in [0.15, 0.2) is 0 Å². The molecule has 0 bridgehead atoms. The molecule has 35 heavy (non-hydrogen) atoms. The van der Waals surface area contributed by atoms with Gasteiger partial charge in [-0.3, -0.25) is 4.98 Å². The molecule has 4 aromatic rings. The van der Waals surface area contributed by atoms with Gasteiger partial charge in [-0.25, -0.2) is 4.79 Å². The van der Waals surface area contributed by atoms with Gasteiger partial charge in [0, 0.05) is 5.56 Å². The third kappa shape index (κ3) is 5.79. The molecule has 0 spiro atoms. The number of para-hydroxylation sites is 1. The lowest BCUT2D eigenvalue weighted by Gasteiger charge is -2.14. The summed E-state index contributed by atoms with van der Waals surface area (Å²) in [6.07, 6.45) is 0.968. The molecule has 0 saturated heterocycles. The van der Waals surface area contributed by atoms with E-state index in [2.05, 4.69) is 0 Å². The predicted octanol–water partition coefficient (Wildman–Crippen LogP) is 5.83. The quantitative estimate of drug-likeness (QED) is 0.315. The van der Waals surface area contributed by atoms with E-state index in [9.17, 15) is 9.90 Å². The average molecular weight is 470 g/mol. The smallest absolute Gasteiger partial charge is 0.337 e. The first-order valence-corrected chi connectivity index (χ1v) is 11.3. The number of pyridine rings is 1. The van der Waals surface area contributed by atoms with Gasteiger partial charge in [-0.2, -0.15) is 0 Å². The highest BCUT2D eigenvalue weighted by molar-refractivity contribution is 5.89. The molecule has 1 N–H and O–H groups in total. The van der Waals surface area contributed by atoms with Gasteiger partial charge in [-0.15, -0.1) is 0 Å². The lowest BCUT2D eigenvalue weighted by atomic mass is 10.0. The Morgan fingerprint density at radius 1 is 0.829 bits per heavy atom. The zero-order chi connectivity index (χ0) is 24.6. The van der Waals surface area contributed by atoms with Crippen molar-refractivity contribution in [3.05, 3.63) is 107 Å². The van der Waals surface area contributed by atoms with Crippen LogP contribution in [0.4, 0.5) is 0 Å². The molecular weight excluding hydrogens is 442 g/mol. The van der Waals surface area contributed by atoms with Gasteiger partial charge in [0.2, 0.25) is 0 Å². The fourth-order valence-electron chi connectivity index (χ4n) is 3.91. The maximum absolute atomic E-state index is 11.9. The molecule has 1 aromatic heterocycles. The fourth-order valence-corrected chi connectivity index (χ4v) is 3.91. The van der Waals surface area contributed by atoms with Gasteiger partial charge in [-0.05, 0) is 66.4 Å². The van der Waals surface area contributed by atoms with Crippen LogP contribution in [0.1, 0.15) is 27.2 Å². The number of carboxylic acids is 1. The molecule has 0 aliphatic carbocycles. The first-order chi connectivity index (χ1) is 17.1. The van der Waals surface area contributed by atoms with Crippen molar-refractivity contribution < 1.29 is 24.1 Å². The second-order valence-electron chi connectivity index (χ2n) is 7.94. The summed E-state index contributed by atoms with van der Waals surface area (Å²) in [5, 5.41) is 9.76. The SMILES string of the molecule is COc1ccc(OC)c(CCc2nc(-c3ccccc3OCc3ccccc3)ccc2C(=O)O)c1. The zero-order valence-electron chi connectivity index (χ0n) is 19.7. The largest absolute Gasteiger partial charge is 0.497 e. The van der Waals surface area contributed by atoms with Crippen LogP contribution < -0.4 is 14.2 Å². The molecule has 178 valence electrons. The summed E-state index contributed by atoms with van der Waals surface area (Å²) in [4.78, 5) is 16.7. The summed E-state index contributed by atoms with van der Waals surface area (Å²) < 4.78 is 16.9. The van der Waals surface area contributed by atoms with Gasteiger partial charge < -0.3 is 19.3 Å². The van der Waals surface area contributed by atoms with E-state index in [-0.39, 0.29) is 5.56 Å². The summed E-state index contributed by atoms with van der Waals surface area (Å²) >= 11 is 0. The molecule has 1 heterocycles. The van der Waals surface area contributed by atoms with E-state index in [4.69, 9.17) is 19.2 Å². The minimum Gasteiger partial charge on any atom is -0.497 e. The number of carboxylic acid groups (broad SMARTS) is 1. The van der Waals surface area contributed by atoms with E-state index < -0.39 is 5.97 Å². The summed E-state index contributed by atoms with van der Waals surface area (Å²) in [5.41, 5.74) is 4.12. The predicted molar refractivity (Wildman–Crippen MR) is 134 cm³/mol. The number of aromatic carboxylic acids is 1. The first kappa shape index (κ1) is 23.8. The van der Waals surface area contributed by atoms with Crippen LogP contribution in [0.15, 0.2) is 84.9 Å². The highest BCUT2D eigenvalue weighted by atomic mass is 16.5. The van der Waals surface area contributed by atoms with Crippen LogP contribution in [0.3, 0.4) is 0 Å². The van der Waals surface area contributed by atoms with Crippen LogP contribution >= 0.6 is 0 Å². The molecule has 0 fully saturated rings. The third-order valence-electron chi connectivity index (χ3n) is 5.72. The number of hydrogen-bond donors (Lipinski definition) is 1. The van der Waals surface area contributed by atoms with Crippen LogP contribution in [0.2, 0.25) is 0 Å². The van der Waals surface area contributed by atoms with Gasteiger partial charge in [-0.1, -0.05) is 42.5 Å². The maximum atomic E-state index is 11.9. The highest BCUT2D eigenvalue weighted by Gasteiger charge is 2.16. The van der Waals surface area contributed by atoms with E-state index in [1.807, 2.05) is 72.8 Å². The minimum absolute atomic E-state index is 0.179. The number of hydrogen-bond acceptors (Lipinski definition) is 5. The molecule has 0 aliphatic heterocycles. The van der Waals surface area contributed by atoms with Gasteiger partial charge in [0.25, 0.3) is 0 Å². The van der Waals surface area contributed by atoms with Crippen LogP contribution in [0.5, 0.6) is 17.2 Å². The Morgan fingerprint density at radius 3 is 2.34 bits per heavy atom. The number of benzene rings is 3. The van der Waals surface area contributed by atoms with Crippen LogP contribution in [-0.4, -0.2) is 30.3 Å². The van der Waals surface area contributed by atoms with E-state index in [0.717, 1.165) is 22.4 Å². The summed E-state index contributed by atoms with van der Waals surface area (Å²) in [5.74, 6) is 1.11. The lowest BCUT2D eigenvalue weighted by molar-refractivity contribution is 0.0695. The first-order valence-electron chi connectivity index (χ1n) is 11.3. The average Bonchev–Trinajstić information content (AvgIpc) is 2.91. The van der Waals surface area contributed by atoms with E-state index in [1.54, 1.807) is 26.4 Å². The van der Waals surface area contributed by atoms with E-state index >= 15 is 0 Å². The Labute approximate surface area is 204 Å². The maximum Gasteiger partial charge on any atom is 0.337 e. The number of rotatable bonds is 10. The van der Waals surface area contributed by atoms with Gasteiger partial charge >= 0.3 is 5.97 Å². The van der Waals surface area contributed by atoms with Crippen LogP contribution in [0.25, 0.3) is 11.3 Å².